The van der Waals surface area contributed by atoms with Crippen molar-refractivity contribution < 1.29 is 14.6 Å². The van der Waals surface area contributed by atoms with Gasteiger partial charge in [0.2, 0.25) is 0 Å². The fourth-order valence-electron chi connectivity index (χ4n) is 1.67. The van der Waals surface area contributed by atoms with Crippen molar-refractivity contribution in [2.75, 3.05) is 0 Å². The lowest BCUT2D eigenvalue weighted by atomic mass is 10.2. The van der Waals surface area contributed by atoms with Crippen molar-refractivity contribution in [1.82, 2.24) is 5.32 Å². The second-order valence-corrected chi connectivity index (χ2v) is 4.59. The van der Waals surface area contributed by atoms with Gasteiger partial charge in [0.25, 0.3) is 0 Å². The molecule has 0 unspecified atom stereocenters. The number of carbonyl (C=O) groups is 1. The molecule has 104 valence electrons. The van der Waals surface area contributed by atoms with E-state index in [-0.39, 0.29) is 6.54 Å². The largest absolute Gasteiger partial charge is 0.489 e. The van der Waals surface area contributed by atoms with Crippen LogP contribution in [0.1, 0.15) is 11.1 Å². The van der Waals surface area contributed by atoms with Gasteiger partial charge in [0.05, 0.1) is 0 Å². The Balaban J connectivity index is 1.96. The van der Waals surface area contributed by atoms with E-state index in [9.17, 15) is 4.79 Å². The van der Waals surface area contributed by atoms with Gasteiger partial charge in [0.15, 0.2) is 0 Å². The maximum Gasteiger partial charge on any atom is 0.404 e. The van der Waals surface area contributed by atoms with Gasteiger partial charge in [-0.2, -0.15) is 0 Å². The Morgan fingerprint density at radius 2 is 1.95 bits per heavy atom. The topological polar surface area (TPSA) is 58.6 Å². The molecule has 0 bridgehead atoms. The number of nitrogens with one attached hydrogen (secondary N) is 1. The normalized spacial score (nSPS) is 10.1. The maximum atomic E-state index is 10.4. The molecule has 0 heterocycles. The molecule has 0 radical (unpaired) electrons. The molecule has 0 aliphatic heterocycles. The van der Waals surface area contributed by atoms with E-state index in [1.807, 2.05) is 30.3 Å². The van der Waals surface area contributed by atoms with Crippen molar-refractivity contribution in [3.63, 3.8) is 0 Å². The smallest absolute Gasteiger partial charge is 0.404 e. The first-order valence-electron chi connectivity index (χ1n) is 6.07. The second-order valence-electron chi connectivity index (χ2n) is 4.19. The summed E-state index contributed by atoms with van der Waals surface area (Å²) in [7, 11) is 0. The van der Waals surface area contributed by atoms with Crippen LogP contribution in [-0.2, 0) is 13.2 Å². The summed E-state index contributed by atoms with van der Waals surface area (Å²) >= 11 is 6.08. The highest BCUT2D eigenvalue weighted by Gasteiger charge is 2.04. The third kappa shape index (κ3) is 4.17. The predicted molar refractivity (Wildman–Crippen MR) is 77.1 cm³/mol. The fraction of sp³-hybridized carbons (Fsp3) is 0.133. The summed E-state index contributed by atoms with van der Waals surface area (Å²) < 4.78 is 5.63. The number of amides is 1. The maximum absolute atomic E-state index is 10.4. The molecule has 0 saturated heterocycles. The lowest BCUT2D eigenvalue weighted by Gasteiger charge is -2.09. The van der Waals surface area contributed by atoms with Crippen LogP contribution in [-0.4, -0.2) is 11.2 Å². The summed E-state index contributed by atoms with van der Waals surface area (Å²) in [6, 6.07) is 15.0. The van der Waals surface area contributed by atoms with Gasteiger partial charge in [0, 0.05) is 11.6 Å². The Kier molecular flexibility index (Phi) is 4.85. The van der Waals surface area contributed by atoms with Crippen LogP contribution >= 0.6 is 11.6 Å². The lowest BCUT2D eigenvalue weighted by Crippen LogP contribution is -2.20. The molecule has 2 aromatic carbocycles. The second kappa shape index (κ2) is 6.82. The molecule has 0 aromatic heterocycles. The summed E-state index contributed by atoms with van der Waals surface area (Å²) in [4.78, 5) is 10.4. The van der Waals surface area contributed by atoms with Crippen LogP contribution in [0.5, 0.6) is 5.75 Å². The summed E-state index contributed by atoms with van der Waals surface area (Å²) in [5.41, 5.74) is 1.78. The first-order valence-corrected chi connectivity index (χ1v) is 6.45. The van der Waals surface area contributed by atoms with E-state index in [4.69, 9.17) is 21.4 Å². The molecule has 0 fully saturated rings. The summed E-state index contributed by atoms with van der Waals surface area (Å²) in [5.74, 6) is 0.651. The number of hydrogen-bond donors (Lipinski definition) is 2. The van der Waals surface area contributed by atoms with E-state index in [1.54, 1.807) is 18.2 Å². The van der Waals surface area contributed by atoms with Crippen LogP contribution in [0.2, 0.25) is 5.02 Å². The molecule has 2 N–H and O–H groups in total. The minimum Gasteiger partial charge on any atom is -0.489 e. The fourth-order valence-corrected chi connectivity index (χ4v) is 1.91. The molecule has 5 heteroatoms. The highest BCUT2D eigenvalue weighted by Crippen LogP contribution is 2.23. The van der Waals surface area contributed by atoms with Crippen LogP contribution < -0.4 is 10.1 Å². The van der Waals surface area contributed by atoms with E-state index in [1.165, 1.54) is 0 Å². The van der Waals surface area contributed by atoms with Gasteiger partial charge in [0.1, 0.15) is 12.4 Å². The van der Waals surface area contributed by atoms with Gasteiger partial charge in [-0.25, -0.2) is 4.79 Å². The Labute approximate surface area is 122 Å². The van der Waals surface area contributed by atoms with Gasteiger partial charge < -0.3 is 15.2 Å². The Bertz CT molecular complexity index is 587. The number of carboxylic acid groups (broad SMARTS) is 1. The van der Waals surface area contributed by atoms with Gasteiger partial charge in [-0.1, -0.05) is 48.0 Å². The van der Waals surface area contributed by atoms with Crippen molar-refractivity contribution >= 4 is 17.7 Å². The third-order valence-corrected chi connectivity index (χ3v) is 3.05. The van der Waals surface area contributed by atoms with Gasteiger partial charge in [-0.3, -0.25) is 0 Å². The van der Waals surface area contributed by atoms with Crippen LogP contribution in [0.3, 0.4) is 0 Å². The third-order valence-electron chi connectivity index (χ3n) is 2.70. The van der Waals surface area contributed by atoms with Gasteiger partial charge in [-0.05, 0) is 23.3 Å². The first kappa shape index (κ1) is 14.2. The highest BCUT2D eigenvalue weighted by atomic mass is 35.5. The average molecular weight is 292 g/mol. The van der Waals surface area contributed by atoms with Crippen LogP contribution in [0, 0.1) is 0 Å². The average Bonchev–Trinajstić information content (AvgIpc) is 2.45. The van der Waals surface area contributed by atoms with E-state index < -0.39 is 6.09 Å². The highest BCUT2D eigenvalue weighted by molar-refractivity contribution is 6.31. The summed E-state index contributed by atoms with van der Waals surface area (Å²) in [6.45, 7) is 0.636. The molecule has 0 aliphatic carbocycles. The van der Waals surface area contributed by atoms with E-state index >= 15 is 0 Å². The number of ether oxygens (including phenoxy) is 1. The molecule has 2 aromatic rings. The quantitative estimate of drug-likeness (QED) is 0.883. The zero-order chi connectivity index (χ0) is 14.4. The number of benzene rings is 2. The monoisotopic (exact) mass is 291 g/mol. The van der Waals surface area contributed by atoms with Crippen molar-refractivity contribution in [2.45, 2.75) is 13.2 Å². The minimum absolute atomic E-state index is 0.174. The molecule has 2 rings (SSSR count). The molecule has 0 aliphatic rings. The van der Waals surface area contributed by atoms with Crippen LogP contribution in [0.25, 0.3) is 0 Å². The Hall–Kier alpha value is -2.20. The molecule has 0 atom stereocenters. The zero-order valence-corrected chi connectivity index (χ0v) is 11.4. The van der Waals surface area contributed by atoms with Gasteiger partial charge in [-0.15, -0.1) is 0 Å². The number of hydrogen-bond acceptors (Lipinski definition) is 2. The van der Waals surface area contributed by atoms with Crippen LogP contribution in [0.15, 0.2) is 48.5 Å². The molecule has 4 nitrogen and oxygen atoms in total. The molecule has 0 saturated carbocycles. The number of halogens is 1. The molecular weight excluding hydrogens is 278 g/mol. The lowest BCUT2D eigenvalue weighted by molar-refractivity contribution is 0.194. The summed E-state index contributed by atoms with van der Waals surface area (Å²) in [6.07, 6.45) is -1.08. The molecule has 20 heavy (non-hydrogen) atoms. The number of rotatable bonds is 5. The van der Waals surface area contributed by atoms with Crippen molar-refractivity contribution in [1.29, 1.82) is 0 Å². The van der Waals surface area contributed by atoms with Crippen molar-refractivity contribution in [3.05, 3.63) is 64.7 Å². The standard InChI is InChI=1S/C15H14ClNO3/c16-14-8-13(7-6-12(14)9-17-15(18)19)20-10-11-4-2-1-3-5-11/h1-8,17H,9-10H2,(H,18,19). The van der Waals surface area contributed by atoms with E-state index in [2.05, 4.69) is 5.32 Å². The molecule has 0 spiro atoms. The van der Waals surface area contributed by atoms with Crippen molar-refractivity contribution in [3.8, 4) is 5.75 Å². The van der Waals surface area contributed by atoms with Crippen LogP contribution in [0.4, 0.5) is 4.79 Å². The molecular formula is C15H14ClNO3. The molecule has 1 amide bonds. The predicted octanol–water partition coefficient (Wildman–Crippen LogP) is 3.69. The SMILES string of the molecule is O=C(O)NCc1ccc(OCc2ccccc2)cc1Cl. The van der Waals surface area contributed by atoms with E-state index in [0.717, 1.165) is 5.56 Å². The van der Waals surface area contributed by atoms with E-state index in [0.29, 0.717) is 22.9 Å². The first-order chi connectivity index (χ1) is 9.65. The Morgan fingerprint density at radius 3 is 2.60 bits per heavy atom. The summed E-state index contributed by atoms with van der Waals surface area (Å²) in [5, 5.41) is 11.3. The van der Waals surface area contributed by atoms with Crippen molar-refractivity contribution in [2.24, 2.45) is 0 Å². The zero-order valence-electron chi connectivity index (χ0n) is 10.7. The van der Waals surface area contributed by atoms with Gasteiger partial charge >= 0.3 is 6.09 Å². The Morgan fingerprint density at radius 1 is 1.20 bits per heavy atom. The minimum atomic E-state index is -1.08.